The largest absolute Gasteiger partial charge is 0.435 e. The lowest BCUT2D eigenvalue weighted by molar-refractivity contribution is -0.275. The van der Waals surface area contributed by atoms with Crippen LogP contribution in [0.3, 0.4) is 0 Å². The summed E-state index contributed by atoms with van der Waals surface area (Å²) in [5.41, 5.74) is -1.18. The van der Waals surface area contributed by atoms with Gasteiger partial charge in [-0.3, -0.25) is 4.79 Å². The number of nitrogens with zero attached hydrogens (tertiary/aromatic N) is 3. The van der Waals surface area contributed by atoms with E-state index in [9.17, 15) is 23.1 Å². The molecule has 3 heterocycles. The summed E-state index contributed by atoms with van der Waals surface area (Å²) in [5, 5.41) is 18.1. The number of halogens is 3. The van der Waals surface area contributed by atoms with Crippen LogP contribution in [0.2, 0.25) is 0 Å². The Bertz CT molecular complexity index is 1080. The number of hydrogen-bond donors (Lipinski definition) is 1. The van der Waals surface area contributed by atoms with E-state index in [-0.39, 0.29) is 36.1 Å². The second-order valence-electron chi connectivity index (χ2n) is 9.53. The molecule has 0 radical (unpaired) electrons. The summed E-state index contributed by atoms with van der Waals surface area (Å²) in [7, 11) is 0. The van der Waals surface area contributed by atoms with E-state index in [2.05, 4.69) is 10.3 Å². The number of amides is 1. The molecule has 2 aromatic rings. The van der Waals surface area contributed by atoms with Crippen molar-refractivity contribution < 1.29 is 32.4 Å². The van der Waals surface area contributed by atoms with Crippen molar-refractivity contribution in [3.05, 3.63) is 52.9 Å². The summed E-state index contributed by atoms with van der Waals surface area (Å²) in [6.45, 7) is 7.21. The van der Waals surface area contributed by atoms with Crippen LogP contribution in [0, 0.1) is 19.8 Å². The normalized spacial score (nSPS) is 26.0. The van der Waals surface area contributed by atoms with Gasteiger partial charge in [-0.05, 0) is 19.8 Å². The molecule has 34 heavy (non-hydrogen) atoms. The molecule has 0 unspecified atom stereocenters. The van der Waals surface area contributed by atoms with Gasteiger partial charge in [0.25, 0.3) is 5.60 Å². The van der Waals surface area contributed by atoms with Gasteiger partial charge in [-0.25, -0.2) is 0 Å². The van der Waals surface area contributed by atoms with E-state index in [1.54, 1.807) is 32.0 Å². The van der Waals surface area contributed by atoms with E-state index in [0.29, 0.717) is 11.5 Å². The van der Waals surface area contributed by atoms with Crippen LogP contribution in [0.5, 0.6) is 0 Å². The Kier molecular flexibility index (Phi) is 6.22. The summed E-state index contributed by atoms with van der Waals surface area (Å²) in [4.78, 5) is 20.1. The van der Waals surface area contributed by atoms with Gasteiger partial charge in [0.05, 0.1) is 23.6 Å². The molecule has 4 rings (SSSR count). The Balaban J connectivity index is 1.64. The van der Waals surface area contributed by atoms with Crippen molar-refractivity contribution >= 4 is 11.6 Å². The van der Waals surface area contributed by atoms with Crippen LogP contribution >= 0.6 is 0 Å². The molecule has 10 heteroatoms. The van der Waals surface area contributed by atoms with Crippen molar-refractivity contribution in [3.63, 3.8) is 0 Å². The third kappa shape index (κ3) is 4.19. The maximum Gasteiger partial charge on any atom is 0.435 e. The molecule has 0 saturated carbocycles. The molecular weight excluding hydrogens is 451 g/mol. The second-order valence-corrected chi connectivity index (χ2v) is 9.53. The minimum absolute atomic E-state index is 0.0115. The number of carbonyl (C=O) groups excluding carboxylic acids is 1. The van der Waals surface area contributed by atoms with Crippen LogP contribution in [0.4, 0.5) is 13.2 Å². The highest BCUT2D eigenvalue weighted by Crippen LogP contribution is 2.49. The number of aryl methyl sites for hydroxylation is 2. The highest BCUT2D eigenvalue weighted by molar-refractivity contribution is 5.96. The zero-order valence-electron chi connectivity index (χ0n) is 19.5. The summed E-state index contributed by atoms with van der Waals surface area (Å²) in [6, 6.07) is 6.80. The molecule has 1 saturated heterocycles. The minimum Gasteiger partial charge on any atom is -0.391 e. The van der Waals surface area contributed by atoms with Crippen molar-refractivity contribution in [2.24, 2.45) is 11.1 Å². The molecule has 2 aliphatic heterocycles. The Labute approximate surface area is 195 Å². The van der Waals surface area contributed by atoms with Gasteiger partial charge in [0.1, 0.15) is 11.7 Å². The quantitative estimate of drug-likeness (QED) is 0.694. The van der Waals surface area contributed by atoms with Gasteiger partial charge in [0.2, 0.25) is 5.91 Å². The number of hydrogen-bond acceptors (Lipinski definition) is 6. The molecule has 1 aromatic heterocycles. The molecule has 0 aliphatic carbocycles. The van der Waals surface area contributed by atoms with Crippen LogP contribution in [0.25, 0.3) is 0 Å². The number of rotatable bonds is 5. The Hall–Kier alpha value is -2.88. The van der Waals surface area contributed by atoms with E-state index in [1.807, 2.05) is 13.8 Å². The first-order valence-electron chi connectivity index (χ1n) is 11.2. The maximum atomic E-state index is 14.3. The minimum atomic E-state index is -4.74. The Morgan fingerprint density at radius 1 is 1.24 bits per heavy atom. The lowest BCUT2D eigenvalue weighted by atomic mass is 9.85. The van der Waals surface area contributed by atoms with E-state index in [4.69, 9.17) is 9.36 Å². The van der Waals surface area contributed by atoms with Crippen LogP contribution in [0.15, 0.2) is 40.0 Å². The molecule has 7 nitrogen and oxygen atoms in total. The first-order valence-corrected chi connectivity index (χ1v) is 11.2. The smallest absolute Gasteiger partial charge is 0.391 e. The van der Waals surface area contributed by atoms with Crippen molar-refractivity contribution in [3.8, 4) is 0 Å². The van der Waals surface area contributed by atoms with E-state index >= 15 is 0 Å². The third-order valence-electron chi connectivity index (χ3n) is 6.56. The number of β-amino-alcohol motifs (C(OH)–C–C–N with tert-alkyl or cyclic N) is 1. The van der Waals surface area contributed by atoms with Gasteiger partial charge < -0.3 is 19.4 Å². The number of likely N-dealkylation sites (tertiary alicyclic amines) is 1. The molecule has 2 aliphatic rings. The van der Waals surface area contributed by atoms with E-state index in [0.717, 1.165) is 5.56 Å². The number of aliphatic hydroxyl groups excluding tert-OH is 1. The monoisotopic (exact) mass is 479 g/mol. The van der Waals surface area contributed by atoms with E-state index in [1.165, 1.54) is 17.0 Å². The average molecular weight is 479 g/mol. The zero-order valence-corrected chi connectivity index (χ0v) is 19.5. The fourth-order valence-electron chi connectivity index (χ4n) is 4.75. The first-order chi connectivity index (χ1) is 15.9. The van der Waals surface area contributed by atoms with Gasteiger partial charge in [0.15, 0.2) is 0 Å². The van der Waals surface area contributed by atoms with Crippen molar-refractivity contribution in [1.82, 2.24) is 10.1 Å². The number of aliphatic hydroxyl groups is 1. The summed E-state index contributed by atoms with van der Waals surface area (Å²) >= 11 is 0. The van der Waals surface area contributed by atoms with Gasteiger partial charge in [-0.2, -0.15) is 13.2 Å². The Morgan fingerprint density at radius 3 is 2.47 bits per heavy atom. The predicted octanol–water partition coefficient (Wildman–Crippen LogP) is 4.23. The highest BCUT2D eigenvalue weighted by Gasteiger charge is 2.63. The number of alkyl halides is 3. The number of carbonyl (C=O) groups is 1. The molecule has 4 atom stereocenters. The van der Waals surface area contributed by atoms with Crippen LogP contribution in [-0.4, -0.2) is 51.6 Å². The molecule has 1 fully saturated rings. The fourth-order valence-corrected chi connectivity index (χ4v) is 4.75. The maximum absolute atomic E-state index is 14.3. The van der Waals surface area contributed by atoms with Crippen molar-refractivity contribution in [1.29, 1.82) is 0 Å². The summed E-state index contributed by atoms with van der Waals surface area (Å²) < 4.78 is 48.3. The first kappa shape index (κ1) is 24.3. The van der Waals surface area contributed by atoms with Gasteiger partial charge in [0, 0.05) is 31.0 Å². The standard InChI is InChI=1S/C24H28F3N3O4/c1-13(2)21(20-9-15(4)28-33-20)22(32)30-12-17(31)10-19(30)18-11-23(34-29-18,24(25,26)27)16-7-5-14(3)6-8-16/h5-9,13,17,19,21,31H,10-12H2,1-4H3/t17-,19+,21+,23-/m1/s1. The highest BCUT2D eigenvalue weighted by atomic mass is 19.4. The topological polar surface area (TPSA) is 88.2 Å². The Morgan fingerprint density at radius 2 is 1.91 bits per heavy atom. The summed E-state index contributed by atoms with van der Waals surface area (Å²) in [6.07, 6.45) is -6.11. The van der Waals surface area contributed by atoms with Gasteiger partial charge in [-0.15, -0.1) is 0 Å². The fraction of sp³-hybridized carbons (Fsp3) is 0.542. The van der Waals surface area contributed by atoms with E-state index < -0.39 is 36.3 Å². The second kappa shape index (κ2) is 8.72. The molecule has 1 aromatic carbocycles. The van der Waals surface area contributed by atoms with Crippen LogP contribution in [0.1, 0.15) is 55.2 Å². The molecule has 1 N–H and O–H groups in total. The number of oxime groups is 1. The van der Waals surface area contributed by atoms with Gasteiger partial charge in [-0.1, -0.05) is 54.0 Å². The third-order valence-corrected chi connectivity index (χ3v) is 6.56. The van der Waals surface area contributed by atoms with Crippen LogP contribution < -0.4 is 0 Å². The molecular formula is C24H28F3N3O4. The SMILES string of the molecule is Cc1ccc([C@@]2(C(F)(F)F)CC([C@@H]3C[C@@H](O)CN3C(=O)[C@H](c3cc(C)no3)C(C)C)=NO2)cc1. The van der Waals surface area contributed by atoms with Gasteiger partial charge >= 0.3 is 6.18 Å². The van der Waals surface area contributed by atoms with Crippen molar-refractivity contribution in [2.75, 3.05) is 6.54 Å². The molecule has 0 spiro atoms. The van der Waals surface area contributed by atoms with Crippen molar-refractivity contribution in [2.45, 2.75) is 70.4 Å². The molecule has 0 bridgehead atoms. The lowest BCUT2D eigenvalue weighted by Gasteiger charge is -2.31. The molecule has 184 valence electrons. The zero-order chi connectivity index (χ0) is 24.8. The van der Waals surface area contributed by atoms with Crippen LogP contribution in [-0.2, 0) is 15.2 Å². The number of aromatic nitrogens is 1. The number of benzene rings is 1. The molecule has 1 amide bonds. The summed E-state index contributed by atoms with van der Waals surface area (Å²) in [5.74, 6) is -0.829. The average Bonchev–Trinajstić information content (AvgIpc) is 3.46. The lowest BCUT2D eigenvalue weighted by Crippen LogP contribution is -2.47. The predicted molar refractivity (Wildman–Crippen MR) is 117 cm³/mol.